The molecule has 0 radical (unpaired) electrons. The highest BCUT2D eigenvalue weighted by Gasteiger charge is 2.22. The standard InChI is InChI=1S/C11H17N5OS/c1-11(2,7-12)8-18-10-13-14-15-16(10)6-9-4-3-5-17-9/h9H,3-6,8H2,1-2H3/t9-/m0/s1. The van der Waals surface area contributed by atoms with E-state index in [0.717, 1.165) is 24.6 Å². The van der Waals surface area contributed by atoms with Gasteiger partial charge >= 0.3 is 0 Å². The number of ether oxygens (including phenoxy) is 1. The van der Waals surface area contributed by atoms with E-state index in [1.807, 2.05) is 13.8 Å². The predicted octanol–water partition coefficient (Wildman–Crippen LogP) is 1.49. The molecule has 0 N–H and O–H groups in total. The Labute approximate surface area is 111 Å². The highest BCUT2D eigenvalue weighted by atomic mass is 32.2. The van der Waals surface area contributed by atoms with Crippen LogP contribution in [-0.2, 0) is 11.3 Å². The molecular weight excluding hydrogens is 250 g/mol. The van der Waals surface area contributed by atoms with Gasteiger partial charge in [-0.25, -0.2) is 4.68 Å². The highest BCUT2D eigenvalue weighted by molar-refractivity contribution is 7.99. The van der Waals surface area contributed by atoms with Crippen LogP contribution >= 0.6 is 11.8 Å². The lowest BCUT2D eigenvalue weighted by Gasteiger charge is -2.14. The summed E-state index contributed by atoms with van der Waals surface area (Å²) in [7, 11) is 0. The lowest BCUT2D eigenvalue weighted by Crippen LogP contribution is -2.18. The Bertz CT molecular complexity index is 433. The number of tetrazole rings is 1. The van der Waals surface area contributed by atoms with Gasteiger partial charge in [0.15, 0.2) is 0 Å². The molecule has 0 aromatic carbocycles. The van der Waals surface area contributed by atoms with Gasteiger partial charge in [-0.3, -0.25) is 0 Å². The number of hydrogen-bond acceptors (Lipinski definition) is 6. The van der Waals surface area contributed by atoms with E-state index >= 15 is 0 Å². The number of rotatable bonds is 5. The fraction of sp³-hybridized carbons (Fsp3) is 0.818. The first kappa shape index (κ1) is 13.3. The minimum atomic E-state index is -0.370. The van der Waals surface area contributed by atoms with Crippen molar-refractivity contribution in [2.45, 2.75) is 44.5 Å². The van der Waals surface area contributed by atoms with Crippen LogP contribution in [-0.4, -0.2) is 38.7 Å². The SMILES string of the molecule is CC(C)(C#N)CSc1nnnn1C[C@@H]1CCCO1. The van der Waals surface area contributed by atoms with Gasteiger partial charge in [-0.2, -0.15) is 5.26 Å². The summed E-state index contributed by atoms with van der Waals surface area (Å²) >= 11 is 1.52. The van der Waals surface area contributed by atoms with E-state index in [4.69, 9.17) is 10.00 Å². The first-order chi connectivity index (χ1) is 8.61. The van der Waals surface area contributed by atoms with Gasteiger partial charge in [0, 0.05) is 12.4 Å². The van der Waals surface area contributed by atoms with Crippen molar-refractivity contribution in [3.63, 3.8) is 0 Å². The summed E-state index contributed by atoms with van der Waals surface area (Å²) in [5.74, 6) is 0.676. The van der Waals surface area contributed by atoms with Crippen molar-refractivity contribution in [2.75, 3.05) is 12.4 Å². The van der Waals surface area contributed by atoms with E-state index in [9.17, 15) is 0 Å². The number of aromatic nitrogens is 4. The topological polar surface area (TPSA) is 76.6 Å². The van der Waals surface area contributed by atoms with Crippen LogP contribution in [0.4, 0.5) is 0 Å². The molecule has 1 atom stereocenters. The summed E-state index contributed by atoms with van der Waals surface area (Å²) in [5.41, 5.74) is -0.370. The average Bonchev–Trinajstić information content (AvgIpc) is 2.99. The molecule has 0 aliphatic carbocycles. The molecule has 0 amide bonds. The molecule has 0 spiro atoms. The molecule has 2 heterocycles. The molecule has 98 valence electrons. The third kappa shape index (κ3) is 3.43. The molecule has 0 unspecified atom stereocenters. The molecule has 7 heteroatoms. The fourth-order valence-corrected chi connectivity index (χ4v) is 2.58. The van der Waals surface area contributed by atoms with Crippen LogP contribution in [0.3, 0.4) is 0 Å². The van der Waals surface area contributed by atoms with Crippen LogP contribution in [0.5, 0.6) is 0 Å². The number of thioether (sulfide) groups is 1. The van der Waals surface area contributed by atoms with Crippen LogP contribution in [0.2, 0.25) is 0 Å². The second-order valence-electron chi connectivity index (χ2n) is 5.06. The zero-order valence-corrected chi connectivity index (χ0v) is 11.5. The van der Waals surface area contributed by atoms with E-state index < -0.39 is 0 Å². The van der Waals surface area contributed by atoms with Gasteiger partial charge < -0.3 is 4.74 Å². The van der Waals surface area contributed by atoms with Crippen molar-refractivity contribution in [2.24, 2.45) is 5.41 Å². The maximum atomic E-state index is 8.98. The number of nitriles is 1. The molecule has 0 bridgehead atoms. The first-order valence-corrected chi connectivity index (χ1v) is 7.01. The maximum absolute atomic E-state index is 8.98. The fourth-order valence-electron chi connectivity index (χ4n) is 1.67. The Morgan fingerprint density at radius 1 is 1.61 bits per heavy atom. The van der Waals surface area contributed by atoms with Crippen LogP contribution in [0.15, 0.2) is 5.16 Å². The average molecular weight is 267 g/mol. The van der Waals surface area contributed by atoms with Gasteiger partial charge in [-0.05, 0) is 37.1 Å². The van der Waals surface area contributed by atoms with Crippen molar-refractivity contribution in [3.8, 4) is 6.07 Å². The van der Waals surface area contributed by atoms with E-state index in [-0.39, 0.29) is 11.5 Å². The second-order valence-corrected chi connectivity index (χ2v) is 6.01. The molecule has 1 aliphatic rings. The Balaban J connectivity index is 1.93. The van der Waals surface area contributed by atoms with Gasteiger partial charge in [0.25, 0.3) is 0 Å². The van der Waals surface area contributed by atoms with Crippen molar-refractivity contribution in [3.05, 3.63) is 0 Å². The second kappa shape index (κ2) is 5.67. The van der Waals surface area contributed by atoms with E-state index in [1.54, 1.807) is 4.68 Å². The minimum absolute atomic E-state index is 0.219. The quantitative estimate of drug-likeness (QED) is 0.752. The van der Waals surface area contributed by atoms with Crippen LogP contribution < -0.4 is 0 Å². The molecule has 1 aromatic rings. The predicted molar refractivity (Wildman–Crippen MR) is 66.9 cm³/mol. The Morgan fingerprint density at radius 2 is 2.44 bits per heavy atom. The lowest BCUT2D eigenvalue weighted by atomic mass is 10.00. The summed E-state index contributed by atoms with van der Waals surface area (Å²) < 4.78 is 7.34. The van der Waals surface area contributed by atoms with Crippen LogP contribution in [0.25, 0.3) is 0 Å². The number of nitrogens with zero attached hydrogens (tertiary/aromatic N) is 5. The normalized spacial score (nSPS) is 19.9. The Hall–Kier alpha value is -1.13. The Kier molecular flexibility index (Phi) is 4.19. The lowest BCUT2D eigenvalue weighted by molar-refractivity contribution is 0.0912. The summed E-state index contributed by atoms with van der Waals surface area (Å²) in [5, 5.41) is 21.4. The van der Waals surface area contributed by atoms with Crippen molar-refractivity contribution < 1.29 is 4.74 Å². The van der Waals surface area contributed by atoms with Gasteiger partial charge in [-0.15, -0.1) is 5.10 Å². The van der Waals surface area contributed by atoms with E-state index in [2.05, 4.69) is 21.6 Å². The maximum Gasteiger partial charge on any atom is 0.209 e. The summed E-state index contributed by atoms with van der Waals surface area (Å²) in [6.07, 6.45) is 2.39. The molecular formula is C11H17N5OS. The molecule has 6 nitrogen and oxygen atoms in total. The monoisotopic (exact) mass is 267 g/mol. The molecule has 1 fully saturated rings. The molecule has 1 aromatic heterocycles. The van der Waals surface area contributed by atoms with Crippen LogP contribution in [0, 0.1) is 16.7 Å². The van der Waals surface area contributed by atoms with Crippen molar-refractivity contribution >= 4 is 11.8 Å². The summed E-state index contributed by atoms with van der Waals surface area (Å²) in [6.45, 7) is 5.35. The molecule has 1 saturated heterocycles. The first-order valence-electron chi connectivity index (χ1n) is 6.02. The van der Waals surface area contributed by atoms with Crippen LogP contribution in [0.1, 0.15) is 26.7 Å². The third-order valence-corrected chi connectivity index (χ3v) is 4.18. The van der Waals surface area contributed by atoms with E-state index in [0.29, 0.717) is 12.3 Å². The molecule has 18 heavy (non-hydrogen) atoms. The Morgan fingerprint density at radius 3 is 3.11 bits per heavy atom. The summed E-state index contributed by atoms with van der Waals surface area (Å²) in [6, 6.07) is 2.27. The third-order valence-electron chi connectivity index (χ3n) is 2.76. The van der Waals surface area contributed by atoms with Gasteiger partial charge in [0.1, 0.15) is 0 Å². The van der Waals surface area contributed by atoms with Crippen molar-refractivity contribution in [1.29, 1.82) is 5.26 Å². The smallest absolute Gasteiger partial charge is 0.209 e. The largest absolute Gasteiger partial charge is 0.376 e. The number of hydrogen-bond donors (Lipinski definition) is 0. The summed E-state index contributed by atoms with van der Waals surface area (Å²) in [4.78, 5) is 0. The zero-order chi connectivity index (χ0) is 13.0. The van der Waals surface area contributed by atoms with Gasteiger partial charge in [0.2, 0.25) is 5.16 Å². The zero-order valence-electron chi connectivity index (χ0n) is 10.7. The van der Waals surface area contributed by atoms with Crippen molar-refractivity contribution in [1.82, 2.24) is 20.2 Å². The molecule has 2 rings (SSSR count). The van der Waals surface area contributed by atoms with E-state index in [1.165, 1.54) is 11.8 Å². The highest BCUT2D eigenvalue weighted by Crippen LogP contribution is 2.25. The van der Waals surface area contributed by atoms with Gasteiger partial charge in [0.05, 0.1) is 24.1 Å². The van der Waals surface area contributed by atoms with Gasteiger partial charge in [-0.1, -0.05) is 11.8 Å². The molecule has 1 aliphatic heterocycles. The minimum Gasteiger partial charge on any atom is -0.376 e. The molecule has 0 saturated carbocycles.